The van der Waals surface area contributed by atoms with E-state index in [0.717, 1.165) is 6.07 Å². The lowest BCUT2D eigenvalue weighted by molar-refractivity contribution is -0.173. The van der Waals surface area contributed by atoms with E-state index in [0.29, 0.717) is 44.3 Å². The van der Waals surface area contributed by atoms with Gasteiger partial charge >= 0.3 is 12.1 Å². The molecule has 0 aliphatic carbocycles. The zero-order valence-corrected chi connectivity index (χ0v) is 22.7. The minimum absolute atomic E-state index is 0.0484. The number of aliphatic hydroxyl groups is 1. The Morgan fingerprint density at radius 1 is 1.07 bits per heavy atom. The highest BCUT2D eigenvalue weighted by Gasteiger charge is 2.44. The first-order chi connectivity index (χ1) is 18.9. The Balaban J connectivity index is 1.99. The Kier molecular flexibility index (Phi) is 10.7. The molecule has 2 aromatic rings. The molecule has 220 valence electrons. The van der Waals surface area contributed by atoms with Crippen molar-refractivity contribution in [2.24, 2.45) is 5.92 Å². The van der Waals surface area contributed by atoms with Gasteiger partial charge in [-0.25, -0.2) is 8.78 Å². The number of rotatable bonds is 11. The van der Waals surface area contributed by atoms with Gasteiger partial charge in [-0.2, -0.15) is 13.2 Å². The van der Waals surface area contributed by atoms with Crippen molar-refractivity contribution in [3.05, 3.63) is 59.2 Å². The van der Waals surface area contributed by atoms with Crippen molar-refractivity contribution in [2.75, 3.05) is 33.2 Å². The van der Waals surface area contributed by atoms with Gasteiger partial charge in [0.2, 0.25) is 5.91 Å². The molecule has 40 heavy (non-hydrogen) atoms. The Morgan fingerprint density at radius 2 is 1.82 bits per heavy atom. The summed E-state index contributed by atoms with van der Waals surface area (Å²) in [4.78, 5) is 25.8. The highest BCUT2D eigenvalue weighted by molar-refractivity contribution is 5.81. The number of nitrogens with one attached hydrogen (secondary N) is 2. The maximum absolute atomic E-state index is 15.4. The van der Waals surface area contributed by atoms with Crippen LogP contribution in [0.3, 0.4) is 0 Å². The molecule has 1 aliphatic heterocycles. The van der Waals surface area contributed by atoms with Crippen LogP contribution in [0.15, 0.2) is 36.4 Å². The fraction of sp³-hybridized carbons (Fsp3) is 0.517. The number of aryl methyl sites for hydroxylation is 1. The van der Waals surface area contributed by atoms with Crippen LogP contribution in [-0.2, 0) is 15.2 Å². The van der Waals surface area contributed by atoms with E-state index in [9.17, 15) is 27.9 Å². The van der Waals surface area contributed by atoms with Gasteiger partial charge in [0.25, 0.3) is 0 Å². The van der Waals surface area contributed by atoms with Gasteiger partial charge in [-0.15, -0.1) is 0 Å². The summed E-state index contributed by atoms with van der Waals surface area (Å²) in [7, 11) is 1.78. The van der Waals surface area contributed by atoms with Crippen LogP contribution in [0.1, 0.15) is 49.7 Å². The predicted molar refractivity (Wildman–Crippen MR) is 141 cm³/mol. The summed E-state index contributed by atoms with van der Waals surface area (Å²) in [6.45, 7) is 2.62. The average Bonchev–Trinajstić information content (AvgIpc) is 2.91. The maximum atomic E-state index is 15.4. The molecular formula is C29H36F5N3O3. The Bertz CT molecular complexity index is 1190. The van der Waals surface area contributed by atoms with E-state index in [1.807, 2.05) is 0 Å². The lowest BCUT2D eigenvalue weighted by Crippen LogP contribution is -2.48. The van der Waals surface area contributed by atoms with E-state index in [1.165, 1.54) is 30.3 Å². The summed E-state index contributed by atoms with van der Waals surface area (Å²) in [5.41, 5.74) is -1.26. The lowest BCUT2D eigenvalue weighted by Gasteiger charge is -2.43. The van der Waals surface area contributed by atoms with Crippen LogP contribution < -0.4 is 10.6 Å². The molecule has 1 fully saturated rings. The highest BCUT2D eigenvalue weighted by atomic mass is 19.4. The molecule has 0 saturated carbocycles. The first-order valence-electron chi connectivity index (χ1n) is 13.4. The Morgan fingerprint density at radius 3 is 2.52 bits per heavy atom. The summed E-state index contributed by atoms with van der Waals surface area (Å²) < 4.78 is 68.4. The topological polar surface area (TPSA) is 81.7 Å². The molecule has 1 heterocycles. The summed E-state index contributed by atoms with van der Waals surface area (Å²) in [5, 5.41) is 17.1. The number of hydrogen-bond donors (Lipinski definition) is 3. The van der Waals surface area contributed by atoms with Crippen LogP contribution in [0.2, 0.25) is 0 Å². The van der Waals surface area contributed by atoms with Crippen molar-refractivity contribution in [3.63, 3.8) is 0 Å². The number of likely N-dealkylation sites (tertiary alicyclic amines) is 1. The van der Waals surface area contributed by atoms with Crippen molar-refractivity contribution in [3.8, 4) is 11.1 Å². The Labute approximate surface area is 230 Å². The SMILES string of the molecule is CNCCCC(=O)N1CCCC(C(O)(CCCNC(=O)C(F)(F)F)c2cccc(F)c2-c2cc(C)ccc2F)C1. The van der Waals surface area contributed by atoms with E-state index >= 15 is 8.78 Å². The van der Waals surface area contributed by atoms with Crippen LogP contribution in [0.5, 0.6) is 0 Å². The highest BCUT2D eigenvalue weighted by Crippen LogP contribution is 2.45. The van der Waals surface area contributed by atoms with Gasteiger partial charge < -0.3 is 20.6 Å². The predicted octanol–water partition coefficient (Wildman–Crippen LogP) is 4.82. The molecule has 1 aliphatic rings. The van der Waals surface area contributed by atoms with E-state index in [1.54, 1.807) is 24.2 Å². The standard InChI is InChI=1S/C29H36F5N3O3/c1-19-11-12-23(30)21(17-19)26-22(8-3-9-24(26)31)28(40,13-6-15-36-27(39)29(32,33)34)20-7-5-16-37(18-20)25(38)10-4-14-35-2/h3,8-9,11-12,17,20,35,40H,4-7,10,13-16,18H2,1-2H3,(H,36,39). The molecule has 2 atom stereocenters. The number of hydrogen-bond acceptors (Lipinski definition) is 4. The minimum Gasteiger partial charge on any atom is -0.385 e. The molecule has 2 unspecified atom stereocenters. The first-order valence-corrected chi connectivity index (χ1v) is 13.4. The Hall–Kier alpha value is -3.05. The number of nitrogens with zero attached hydrogens (tertiary/aromatic N) is 1. The van der Waals surface area contributed by atoms with Gasteiger partial charge in [0.15, 0.2) is 0 Å². The van der Waals surface area contributed by atoms with Crippen LogP contribution in [0, 0.1) is 24.5 Å². The second-order valence-electron chi connectivity index (χ2n) is 10.3. The molecule has 0 radical (unpaired) electrons. The molecule has 3 N–H and O–H groups in total. The fourth-order valence-electron chi connectivity index (χ4n) is 5.38. The number of amides is 2. The number of carbonyl (C=O) groups is 2. The largest absolute Gasteiger partial charge is 0.471 e. The molecule has 2 aromatic carbocycles. The van der Waals surface area contributed by atoms with Gasteiger partial charge in [-0.3, -0.25) is 9.59 Å². The zero-order valence-electron chi connectivity index (χ0n) is 22.7. The zero-order chi connectivity index (χ0) is 29.5. The number of alkyl halides is 3. The van der Waals surface area contributed by atoms with Crippen LogP contribution in [0.4, 0.5) is 22.0 Å². The summed E-state index contributed by atoms with van der Waals surface area (Å²) >= 11 is 0. The van der Waals surface area contributed by atoms with Gasteiger partial charge in [0, 0.05) is 43.1 Å². The molecule has 0 spiro atoms. The van der Waals surface area contributed by atoms with Gasteiger partial charge in [-0.1, -0.05) is 23.8 Å². The first kappa shape index (κ1) is 31.5. The third-order valence-electron chi connectivity index (χ3n) is 7.42. The van der Waals surface area contributed by atoms with Gasteiger partial charge in [0.1, 0.15) is 11.6 Å². The summed E-state index contributed by atoms with van der Waals surface area (Å²) in [6, 6.07) is 8.25. The second-order valence-corrected chi connectivity index (χ2v) is 10.3. The molecule has 3 rings (SSSR count). The molecule has 2 amide bonds. The third kappa shape index (κ3) is 7.57. The smallest absolute Gasteiger partial charge is 0.385 e. The molecule has 0 bridgehead atoms. The monoisotopic (exact) mass is 569 g/mol. The third-order valence-corrected chi connectivity index (χ3v) is 7.42. The van der Waals surface area contributed by atoms with E-state index < -0.39 is 35.2 Å². The molecule has 1 saturated heterocycles. The van der Waals surface area contributed by atoms with Crippen molar-refractivity contribution in [1.82, 2.24) is 15.5 Å². The quantitative estimate of drug-likeness (QED) is 0.268. The van der Waals surface area contributed by atoms with Gasteiger partial charge in [0.05, 0.1) is 5.60 Å². The van der Waals surface area contributed by atoms with Crippen LogP contribution in [-0.4, -0.2) is 61.2 Å². The van der Waals surface area contributed by atoms with Crippen molar-refractivity contribution in [1.29, 1.82) is 0 Å². The molecule has 0 aromatic heterocycles. The lowest BCUT2D eigenvalue weighted by atomic mass is 9.72. The number of carbonyl (C=O) groups excluding carboxylic acids is 2. The maximum Gasteiger partial charge on any atom is 0.471 e. The molecule has 6 nitrogen and oxygen atoms in total. The molecule has 11 heteroatoms. The normalized spacial score (nSPS) is 17.4. The summed E-state index contributed by atoms with van der Waals surface area (Å²) in [6.07, 6.45) is -3.34. The average molecular weight is 570 g/mol. The van der Waals surface area contributed by atoms with E-state index in [4.69, 9.17) is 0 Å². The number of benzene rings is 2. The number of piperidine rings is 1. The van der Waals surface area contributed by atoms with E-state index in [-0.39, 0.29) is 48.5 Å². The summed E-state index contributed by atoms with van der Waals surface area (Å²) in [5.74, 6) is -4.26. The van der Waals surface area contributed by atoms with Crippen LogP contribution >= 0.6 is 0 Å². The second kappa shape index (κ2) is 13.5. The van der Waals surface area contributed by atoms with Gasteiger partial charge in [-0.05, 0) is 76.4 Å². The minimum atomic E-state index is -5.05. The van der Waals surface area contributed by atoms with Crippen LogP contribution in [0.25, 0.3) is 11.1 Å². The fourth-order valence-corrected chi connectivity index (χ4v) is 5.38. The molecular weight excluding hydrogens is 533 g/mol. The van der Waals surface area contributed by atoms with Crippen molar-refractivity contribution >= 4 is 11.8 Å². The van der Waals surface area contributed by atoms with Crippen molar-refractivity contribution in [2.45, 2.75) is 57.2 Å². The number of halogens is 5. The van der Waals surface area contributed by atoms with E-state index in [2.05, 4.69) is 5.32 Å². The van der Waals surface area contributed by atoms with Crippen molar-refractivity contribution < 1.29 is 36.6 Å².